The Labute approximate surface area is 254 Å². The Hall–Kier alpha value is -1.31. The summed E-state index contributed by atoms with van der Waals surface area (Å²) in [5.74, 6) is -0.875. The minimum Gasteiger partial charge on any atom is -0.726 e. The van der Waals surface area contributed by atoms with Crippen molar-refractivity contribution in [3.63, 3.8) is 0 Å². The van der Waals surface area contributed by atoms with Gasteiger partial charge in [0.25, 0.3) is 0 Å². The lowest BCUT2D eigenvalue weighted by Gasteiger charge is -2.49. The monoisotopic (exact) mass is 703 g/mol. The van der Waals surface area contributed by atoms with Crippen LogP contribution >= 0.6 is 0 Å². The summed E-state index contributed by atoms with van der Waals surface area (Å²) in [5.41, 5.74) is 0. The minimum absolute atomic E-state index is 0.875. The van der Waals surface area contributed by atoms with E-state index in [1.165, 1.54) is 0 Å². The Balaban J connectivity index is 1.93. The summed E-state index contributed by atoms with van der Waals surface area (Å²) in [5, 5.41) is 84.5. The number of hydrogen-bond acceptors (Lipinski definition) is 22. The second-order valence-electron chi connectivity index (χ2n) is 10.1. The fourth-order valence-electron chi connectivity index (χ4n) is 4.73. The largest absolute Gasteiger partial charge is 0.726 e. The van der Waals surface area contributed by atoms with E-state index in [1.807, 2.05) is 0 Å². The summed E-state index contributed by atoms with van der Waals surface area (Å²) in [6, 6.07) is -1.80. The fraction of sp³-hybridized carbons (Fsp3) is 0.950. The Kier molecular flexibility index (Phi) is 12.9. The second kappa shape index (κ2) is 15.3. The number of carbonyl (C=O) groups excluding carboxylic acids is 1. The molecule has 0 bridgehead atoms. The molecule has 0 aromatic rings. The van der Waals surface area contributed by atoms with Crippen molar-refractivity contribution >= 4 is 26.7 Å². The van der Waals surface area contributed by atoms with Crippen LogP contribution in [0.2, 0.25) is 0 Å². The Morgan fingerprint density at radius 1 is 0.689 bits per heavy atom. The van der Waals surface area contributed by atoms with E-state index in [9.17, 15) is 71.6 Å². The van der Waals surface area contributed by atoms with Gasteiger partial charge in [-0.1, -0.05) is 0 Å². The highest BCUT2D eigenvalue weighted by atomic mass is 32.3. The summed E-state index contributed by atoms with van der Waals surface area (Å²) in [4.78, 5) is 12.0. The van der Waals surface area contributed by atoms with E-state index in [2.05, 4.69) is 13.7 Å². The maximum absolute atomic E-state index is 12.0. The van der Waals surface area contributed by atoms with E-state index in [0.717, 1.165) is 6.92 Å². The number of aliphatic hydroxyl groups excluding tert-OH is 8. The summed E-state index contributed by atoms with van der Waals surface area (Å²) < 4.78 is 101. The number of aliphatic hydroxyl groups is 8. The van der Waals surface area contributed by atoms with Gasteiger partial charge in [0.15, 0.2) is 18.9 Å². The average Bonchev–Trinajstić information content (AvgIpc) is 2.93. The lowest BCUT2D eigenvalue weighted by Crippen LogP contribution is -2.69. The molecule has 0 spiro atoms. The van der Waals surface area contributed by atoms with Gasteiger partial charge in [0.05, 0.1) is 19.8 Å². The van der Waals surface area contributed by atoms with Gasteiger partial charge in [-0.2, -0.15) is 0 Å². The molecule has 264 valence electrons. The highest BCUT2D eigenvalue weighted by Crippen LogP contribution is 2.32. The molecule has 3 rings (SSSR count). The normalized spacial score (nSPS) is 43.1. The van der Waals surface area contributed by atoms with Crippen LogP contribution < -0.4 is 5.32 Å². The highest BCUT2D eigenvalue weighted by molar-refractivity contribution is 7.81. The highest BCUT2D eigenvalue weighted by Gasteiger charge is 2.54. The van der Waals surface area contributed by atoms with Crippen molar-refractivity contribution in [3.8, 4) is 0 Å². The predicted octanol–water partition coefficient (Wildman–Crippen LogP) is -8.46. The van der Waals surface area contributed by atoms with Crippen molar-refractivity contribution in [2.75, 3.05) is 19.8 Å². The Morgan fingerprint density at radius 3 is 1.76 bits per heavy atom. The van der Waals surface area contributed by atoms with E-state index >= 15 is 0 Å². The van der Waals surface area contributed by atoms with Gasteiger partial charge in [0, 0.05) is 6.92 Å². The molecule has 3 saturated heterocycles. The maximum Gasteiger partial charge on any atom is 0.217 e. The molecule has 0 radical (unpaired) electrons. The van der Waals surface area contributed by atoms with Gasteiger partial charge in [-0.15, -0.1) is 0 Å². The van der Waals surface area contributed by atoms with Crippen LogP contribution in [0.1, 0.15) is 6.92 Å². The molecular weight excluding hydrogens is 670 g/mol. The Bertz CT molecular complexity index is 1200. The van der Waals surface area contributed by atoms with Crippen LogP contribution in [0.5, 0.6) is 0 Å². The quantitative estimate of drug-likeness (QED) is 0.0673. The summed E-state index contributed by atoms with van der Waals surface area (Å²) in [6.45, 7) is -2.37. The predicted molar refractivity (Wildman–Crippen MR) is 130 cm³/mol. The van der Waals surface area contributed by atoms with E-state index in [4.69, 9.17) is 23.7 Å². The molecule has 0 aromatic carbocycles. The van der Waals surface area contributed by atoms with Crippen LogP contribution in [0.25, 0.3) is 0 Å². The van der Waals surface area contributed by atoms with Crippen LogP contribution in [0.4, 0.5) is 0 Å². The number of carbonyl (C=O) groups is 1. The van der Waals surface area contributed by atoms with Gasteiger partial charge < -0.3 is 79.0 Å². The molecule has 3 aliphatic heterocycles. The number of hydrogen-bond donors (Lipinski definition) is 9. The summed E-state index contributed by atoms with van der Waals surface area (Å²) in [6.07, 6.45) is -27.7. The molecule has 0 aromatic heterocycles. The van der Waals surface area contributed by atoms with Gasteiger partial charge >= 0.3 is 0 Å². The molecular formula is C20H33NO22S2-2. The van der Waals surface area contributed by atoms with Crippen molar-refractivity contribution in [1.29, 1.82) is 0 Å². The molecule has 45 heavy (non-hydrogen) atoms. The minimum atomic E-state index is -5.45. The van der Waals surface area contributed by atoms with Crippen molar-refractivity contribution in [2.24, 2.45) is 0 Å². The molecule has 3 aliphatic rings. The summed E-state index contributed by atoms with van der Waals surface area (Å²) in [7, 11) is -10.8. The lowest BCUT2D eigenvalue weighted by molar-refractivity contribution is -0.364. The SMILES string of the molecule is CC(=O)N[C@H]1[C@H](O[C@@H]2[C@@H](O)[C@H](O)O[C@H](COS(=O)(=O)[O-])[C@@H]2O)O[C@H](COS(=O)(=O)[O-])[C@@H](O[C@@H]2O[C@H](CO)[C@H](O)[C@H](O)[C@H]2O)[C@@H]1O. The first-order valence-corrected chi connectivity index (χ1v) is 15.5. The molecule has 23 nitrogen and oxygen atoms in total. The molecule has 0 aliphatic carbocycles. The standard InChI is InChI=1S/C20H35NO22S2/c1-5(23)21-9-12(26)16(42-20-14(28)13(27)10(24)6(2-22)40-20)8(4-38-45(34,35)36)41-19(9)43-17-11(25)7(3-37-44(31,32)33)39-18(30)15(17)29/h6-20,22,24-30H,2-4H2,1H3,(H,21,23)(H,31,32,33)(H,34,35,36)/p-2/t6-,7-,8-,9-,10+,11+,12-,13+,14-,15-,16-,17+,18-,19+,20+/m1/s1. The van der Waals surface area contributed by atoms with Gasteiger partial charge in [0.2, 0.25) is 26.7 Å². The van der Waals surface area contributed by atoms with Crippen LogP contribution in [-0.4, -0.2) is 185 Å². The van der Waals surface area contributed by atoms with E-state index in [0.29, 0.717) is 0 Å². The molecule has 25 heteroatoms. The van der Waals surface area contributed by atoms with Gasteiger partial charge in [-0.3, -0.25) is 13.2 Å². The molecule has 9 N–H and O–H groups in total. The van der Waals surface area contributed by atoms with E-state index in [-0.39, 0.29) is 0 Å². The van der Waals surface area contributed by atoms with Crippen LogP contribution in [-0.2, 0) is 57.6 Å². The van der Waals surface area contributed by atoms with Crippen molar-refractivity contribution in [1.82, 2.24) is 5.32 Å². The van der Waals surface area contributed by atoms with Crippen LogP contribution in [0, 0.1) is 0 Å². The van der Waals surface area contributed by atoms with Gasteiger partial charge in [0.1, 0.15) is 73.2 Å². The van der Waals surface area contributed by atoms with E-state index < -0.39 is 139 Å². The maximum atomic E-state index is 12.0. The third kappa shape index (κ3) is 9.85. The van der Waals surface area contributed by atoms with Gasteiger partial charge in [-0.05, 0) is 0 Å². The first-order chi connectivity index (χ1) is 20.7. The Morgan fingerprint density at radius 2 is 1.22 bits per heavy atom. The average molecular weight is 704 g/mol. The first-order valence-electron chi connectivity index (χ1n) is 12.9. The zero-order chi connectivity index (χ0) is 34.0. The number of rotatable bonds is 12. The number of ether oxygens (including phenoxy) is 5. The molecule has 1 amide bonds. The third-order valence-electron chi connectivity index (χ3n) is 6.89. The number of nitrogens with one attached hydrogen (secondary N) is 1. The van der Waals surface area contributed by atoms with Crippen LogP contribution in [0.3, 0.4) is 0 Å². The van der Waals surface area contributed by atoms with Crippen LogP contribution in [0.15, 0.2) is 0 Å². The van der Waals surface area contributed by atoms with E-state index in [1.54, 1.807) is 0 Å². The summed E-state index contributed by atoms with van der Waals surface area (Å²) >= 11 is 0. The molecule has 3 fully saturated rings. The zero-order valence-electron chi connectivity index (χ0n) is 22.9. The van der Waals surface area contributed by atoms with Crippen molar-refractivity contribution < 1.29 is 104 Å². The second-order valence-corrected chi connectivity index (χ2v) is 12.2. The zero-order valence-corrected chi connectivity index (χ0v) is 24.5. The van der Waals surface area contributed by atoms with Crippen molar-refractivity contribution in [3.05, 3.63) is 0 Å². The molecule has 0 unspecified atom stereocenters. The lowest BCUT2D eigenvalue weighted by atomic mass is 9.94. The molecule has 3 heterocycles. The van der Waals surface area contributed by atoms with Crippen molar-refractivity contribution in [2.45, 2.75) is 99.0 Å². The molecule has 15 atom stereocenters. The smallest absolute Gasteiger partial charge is 0.217 e. The first kappa shape index (κ1) is 38.1. The fourth-order valence-corrected chi connectivity index (χ4v) is 5.33. The van der Waals surface area contributed by atoms with Gasteiger partial charge in [-0.25, -0.2) is 16.8 Å². The molecule has 0 saturated carbocycles. The topological polar surface area (TPSA) is 370 Å². The third-order valence-corrected chi connectivity index (χ3v) is 7.74. The number of amides is 1.